The molecule has 0 aliphatic rings. The molecule has 0 amide bonds. The molecular formula is C26H13F9OS. The molecule has 4 aromatic carbocycles. The van der Waals surface area contributed by atoms with E-state index in [1.807, 2.05) is 0 Å². The van der Waals surface area contributed by atoms with Crippen molar-refractivity contribution < 1.29 is 44.3 Å². The number of benzene rings is 4. The third-order valence-corrected chi connectivity index (χ3v) is 5.71. The summed E-state index contributed by atoms with van der Waals surface area (Å²) in [7, 11) is 0. The van der Waals surface area contributed by atoms with Gasteiger partial charge < -0.3 is 4.74 Å². The molecule has 0 saturated heterocycles. The van der Waals surface area contributed by atoms with Crippen molar-refractivity contribution in [2.75, 3.05) is 0 Å². The second-order valence-corrected chi connectivity index (χ2v) is 8.44. The van der Waals surface area contributed by atoms with Gasteiger partial charge in [-0.2, -0.15) is 8.78 Å². The first-order valence-electron chi connectivity index (χ1n) is 10.3. The Bertz CT molecular complexity index is 1470. The highest BCUT2D eigenvalue weighted by atomic mass is 32.1. The van der Waals surface area contributed by atoms with E-state index in [0.717, 1.165) is 19.1 Å². The lowest BCUT2D eigenvalue weighted by molar-refractivity contribution is -0.189. The van der Waals surface area contributed by atoms with Crippen molar-refractivity contribution in [3.8, 4) is 28.0 Å². The molecule has 0 radical (unpaired) electrons. The number of ether oxygens (including phenoxy) is 1. The Labute approximate surface area is 209 Å². The first-order valence-corrected chi connectivity index (χ1v) is 10.7. The number of rotatable bonds is 5. The van der Waals surface area contributed by atoms with Crippen LogP contribution < -0.4 is 4.74 Å². The van der Waals surface area contributed by atoms with Gasteiger partial charge in [0.25, 0.3) is 0 Å². The van der Waals surface area contributed by atoms with Gasteiger partial charge in [-0.05, 0) is 54.4 Å². The molecule has 0 saturated carbocycles. The lowest BCUT2D eigenvalue weighted by atomic mass is 10.0. The van der Waals surface area contributed by atoms with Crippen LogP contribution in [0.1, 0.15) is 11.1 Å². The summed E-state index contributed by atoms with van der Waals surface area (Å²) in [6.45, 7) is 1.10. The summed E-state index contributed by atoms with van der Waals surface area (Å²) >= 11 is 3.92. The average molecular weight is 544 g/mol. The van der Waals surface area contributed by atoms with Crippen molar-refractivity contribution in [1.29, 1.82) is 0 Å². The predicted octanol–water partition coefficient (Wildman–Crippen LogP) is 8.72. The number of halogens is 9. The summed E-state index contributed by atoms with van der Waals surface area (Å²) in [4.78, 5) is 0.210. The predicted molar refractivity (Wildman–Crippen MR) is 120 cm³/mol. The Kier molecular flexibility index (Phi) is 6.93. The molecule has 0 fully saturated rings. The zero-order valence-corrected chi connectivity index (χ0v) is 19.3. The van der Waals surface area contributed by atoms with E-state index < -0.39 is 80.4 Å². The fourth-order valence-corrected chi connectivity index (χ4v) is 3.81. The highest BCUT2D eigenvalue weighted by molar-refractivity contribution is 7.80. The van der Waals surface area contributed by atoms with Crippen LogP contribution in [0, 0.1) is 47.6 Å². The Balaban J connectivity index is 1.69. The molecule has 0 N–H and O–H groups in total. The second kappa shape index (κ2) is 9.70. The molecule has 192 valence electrons. The maximum atomic E-state index is 14.7. The Morgan fingerprint density at radius 3 is 1.65 bits per heavy atom. The molecule has 0 aliphatic heterocycles. The smallest absolute Gasteiger partial charge is 0.429 e. The normalized spacial score (nSPS) is 11.6. The summed E-state index contributed by atoms with van der Waals surface area (Å²) in [5.74, 6) is -11.0. The summed E-state index contributed by atoms with van der Waals surface area (Å²) in [6, 6.07) is 6.11. The van der Waals surface area contributed by atoms with Gasteiger partial charge in [0.15, 0.2) is 0 Å². The van der Waals surface area contributed by atoms with Crippen LogP contribution >= 0.6 is 12.6 Å². The molecule has 0 spiro atoms. The molecule has 1 nitrogen and oxygen atoms in total. The van der Waals surface area contributed by atoms with E-state index in [-0.39, 0.29) is 22.6 Å². The SMILES string of the molecule is Cc1c(F)cc(-c2c(F)cc(OC(F)(F)c3c(F)cc(-c4ccc(S)cc4F)cc3F)cc2F)cc1F. The number of hydrogen-bond donors (Lipinski definition) is 1. The molecule has 0 aliphatic carbocycles. The molecule has 0 heterocycles. The molecule has 0 atom stereocenters. The molecule has 11 heteroatoms. The van der Waals surface area contributed by atoms with Crippen molar-refractivity contribution in [1.82, 2.24) is 0 Å². The van der Waals surface area contributed by atoms with Crippen LogP contribution in [0.2, 0.25) is 0 Å². The molecule has 0 bridgehead atoms. The van der Waals surface area contributed by atoms with Crippen molar-refractivity contribution in [2.24, 2.45) is 0 Å². The van der Waals surface area contributed by atoms with Gasteiger partial charge in [0, 0.05) is 28.2 Å². The number of hydrogen-bond acceptors (Lipinski definition) is 2. The monoisotopic (exact) mass is 544 g/mol. The third kappa shape index (κ3) is 5.13. The minimum atomic E-state index is -4.78. The van der Waals surface area contributed by atoms with Gasteiger partial charge in [-0.1, -0.05) is 6.07 Å². The first kappa shape index (κ1) is 26.5. The molecule has 0 unspecified atom stereocenters. The van der Waals surface area contributed by atoms with Gasteiger partial charge in [-0.15, -0.1) is 12.6 Å². The lowest BCUT2D eigenvalue weighted by Crippen LogP contribution is -2.25. The first-order chi connectivity index (χ1) is 17.3. The van der Waals surface area contributed by atoms with Crippen LogP contribution in [0.15, 0.2) is 59.5 Å². The Morgan fingerprint density at radius 1 is 0.622 bits per heavy atom. The zero-order valence-electron chi connectivity index (χ0n) is 18.5. The fourth-order valence-electron chi connectivity index (χ4n) is 3.62. The summed E-state index contributed by atoms with van der Waals surface area (Å²) in [5, 5.41) is 0. The maximum Gasteiger partial charge on any atom is 0.432 e. The van der Waals surface area contributed by atoms with Gasteiger partial charge >= 0.3 is 6.11 Å². The lowest BCUT2D eigenvalue weighted by Gasteiger charge is -2.20. The highest BCUT2D eigenvalue weighted by Gasteiger charge is 2.41. The quantitative estimate of drug-likeness (QED) is 0.195. The van der Waals surface area contributed by atoms with Crippen molar-refractivity contribution >= 4 is 12.6 Å². The van der Waals surface area contributed by atoms with E-state index in [1.54, 1.807) is 0 Å². The van der Waals surface area contributed by atoms with Gasteiger partial charge in [0.05, 0.1) is 5.56 Å². The molecule has 4 aromatic rings. The molecular weight excluding hydrogens is 531 g/mol. The van der Waals surface area contributed by atoms with E-state index >= 15 is 0 Å². The van der Waals surface area contributed by atoms with Gasteiger partial charge in [-0.25, -0.2) is 30.7 Å². The van der Waals surface area contributed by atoms with E-state index in [2.05, 4.69) is 17.4 Å². The number of thiol groups is 1. The summed E-state index contributed by atoms with van der Waals surface area (Å²) in [6.07, 6.45) is -4.78. The fraction of sp³-hybridized carbons (Fsp3) is 0.0769. The van der Waals surface area contributed by atoms with Crippen molar-refractivity contribution in [3.63, 3.8) is 0 Å². The molecule has 4 rings (SSSR count). The standard InChI is InChI=1S/C26H13F9OS/c1-11-17(27)6-13(7-18(11)28)24-20(30)8-14(9-21(24)31)36-26(34,35)25-22(32)4-12(5-23(25)33)16-3-2-15(37)10-19(16)29/h2-10,37H,1H3. The van der Waals surface area contributed by atoms with Gasteiger partial charge in [-0.3, -0.25) is 0 Å². The van der Waals surface area contributed by atoms with Crippen LogP contribution in [-0.4, -0.2) is 0 Å². The largest absolute Gasteiger partial charge is 0.432 e. The summed E-state index contributed by atoms with van der Waals surface area (Å²) < 4.78 is 134. The van der Waals surface area contributed by atoms with Crippen LogP contribution in [0.4, 0.5) is 39.5 Å². The minimum absolute atomic E-state index is 0.210. The van der Waals surface area contributed by atoms with Gasteiger partial charge in [0.2, 0.25) is 0 Å². The van der Waals surface area contributed by atoms with E-state index in [0.29, 0.717) is 24.3 Å². The van der Waals surface area contributed by atoms with Crippen LogP contribution in [0.3, 0.4) is 0 Å². The van der Waals surface area contributed by atoms with Crippen LogP contribution in [-0.2, 0) is 6.11 Å². The molecule has 0 aromatic heterocycles. The zero-order chi connectivity index (χ0) is 27.2. The highest BCUT2D eigenvalue weighted by Crippen LogP contribution is 2.39. The van der Waals surface area contributed by atoms with Crippen LogP contribution in [0.25, 0.3) is 22.3 Å². The van der Waals surface area contributed by atoms with E-state index in [4.69, 9.17) is 0 Å². The maximum absolute atomic E-state index is 14.7. The summed E-state index contributed by atoms with van der Waals surface area (Å²) in [5.41, 5.74) is -4.49. The number of alkyl halides is 2. The minimum Gasteiger partial charge on any atom is -0.429 e. The third-order valence-electron chi connectivity index (χ3n) is 5.43. The van der Waals surface area contributed by atoms with Crippen LogP contribution in [0.5, 0.6) is 5.75 Å². The Hall–Kier alpha value is -3.60. The molecule has 37 heavy (non-hydrogen) atoms. The average Bonchev–Trinajstić information content (AvgIpc) is 2.75. The Morgan fingerprint density at radius 2 is 1.14 bits per heavy atom. The van der Waals surface area contributed by atoms with Gasteiger partial charge in [0.1, 0.15) is 52.0 Å². The van der Waals surface area contributed by atoms with Crippen molar-refractivity contribution in [3.05, 3.63) is 106 Å². The van der Waals surface area contributed by atoms with Crippen molar-refractivity contribution in [2.45, 2.75) is 17.9 Å². The van der Waals surface area contributed by atoms with E-state index in [1.165, 1.54) is 6.07 Å². The second-order valence-electron chi connectivity index (χ2n) is 7.92. The topological polar surface area (TPSA) is 9.23 Å². The van der Waals surface area contributed by atoms with E-state index in [9.17, 15) is 39.5 Å².